The van der Waals surface area contributed by atoms with Crippen LogP contribution in [0.1, 0.15) is 65.9 Å². The topological polar surface area (TPSA) is 105 Å². The average Bonchev–Trinajstić information content (AvgIpc) is 3.39. The summed E-state index contributed by atoms with van der Waals surface area (Å²) in [5, 5.41) is 29.5. The third kappa shape index (κ3) is 5.99. The van der Waals surface area contributed by atoms with Gasteiger partial charge in [0.2, 0.25) is 0 Å². The van der Waals surface area contributed by atoms with Crippen LogP contribution >= 0.6 is 11.6 Å². The summed E-state index contributed by atoms with van der Waals surface area (Å²) in [6.45, 7) is 0.0186. The first kappa shape index (κ1) is 28.9. The summed E-state index contributed by atoms with van der Waals surface area (Å²) in [6.07, 6.45) is 3.60. The minimum Gasteiger partial charge on any atom is -0.489 e. The maximum absolute atomic E-state index is 15.8. The number of rotatable bonds is 8. The van der Waals surface area contributed by atoms with Crippen LogP contribution in [0.15, 0.2) is 78.9 Å². The van der Waals surface area contributed by atoms with Crippen LogP contribution in [-0.2, 0) is 6.61 Å². The lowest BCUT2D eigenvalue weighted by Gasteiger charge is -2.26. The molecule has 0 bridgehead atoms. The minimum atomic E-state index is -1.63. The van der Waals surface area contributed by atoms with Gasteiger partial charge < -0.3 is 24.6 Å². The quantitative estimate of drug-likeness (QED) is 0.156. The summed E-state index contributed by atoms with van der Waals surface area (Å²) in [6, 6.07) is 21.9. The summed E-state index contributed by atoms with van der Waals surface area (Å²) >= 11 is 6.05. The Morgan fingerprint density at radius 2 is 1.70 bits per heavy atom. The Morgan fingerprint density at radius 3 is 2.40 bits per heavy atom. The van der Waals surface area contributed by atoms with Gasteiger partial charge in [-0.1, -0.05) is 55.1 Å². The van der Waals surface area contributed by atoms with E-state index >= 15 is 4.39 Å². The normalized spacial score (nSPS) is 14.0. The van der Waals surface area contributed by atoms with Crippen LogP contribution < -0.4 is 4.74 Å². The Kier molecular flexibility index (Phi) is 8.17. The van der Waals surface area contributed by atoms with Gasteiger partial charge in [0.1, 0.15) is 24.0 Å². The van der Waals surface area contributed by atoms with Crippen LogP contribution in [0.4, 0.5) is 4.39 Å². The SMILES string of the molecule is O=C(O)c1ccc(-c2ccc(Cl)cc2)c(COc2ccc(-c3nc4cc(C(O)O)ccc4n3C3CCCCC3)c(F)c2)c1. The van der Waals surface area contributed by atoms with Gasteiger partial charge in [-0.2, -0.15) is 0 Å². The molecule has 220 valence electrons. The largest absolute Gasteiger partial charge is 0.489 e. The molecule has 0 atom stereocenters. The zero-order chi connectivity index (χ0) is 30.1. The molecular formula is C34H30ClFN2O5. The number of ether oxygens (including phenoxy) is 1. The second kappa shape index (κ2) is 12.2. The maximum Gasteiger partial charge on any atom is 0.335 e. The molecule has 7 nitrogen and oxygen atoms in total. The van der Waals surface area contributed by atoms with E-state index in [1.165, 1.54) is 12.1 Å². The van der Waals surface area contributed by atoms with Gasteiger partial charge in [0.25, 0.3) is 0 Å². The van der Waals surface area contributed by atoms with Gasteiger partial charge in [-0.15, -0.1) is 0 Å². The van der Waals surface area contributed by atoms with E-state index in [0.717, 1.165) is 48.7 Å². The second-order valence-corrected chi connectivity index (χ2v) is 11.3. The number of aliphatic hydroxyl groups is 2. The molecule has 0 amide bonds. The number of hydrogen-bond donors (Lipinski definition) is 3. The molecule has 5 aromatic rings. The molecule has 1 aliphatic rings. The highest BCUT2D eigenvalue weighted by Crippen LogP contribution is 2.38. The molecule has 0 saturated heterocycles. The Bertz CT molecular complexity index is 1800. The van der Waals surface area contributed by atoms with Crippen molar-refractivity contribution in [1.82, 2.24) is 9.55 Å². The van der Waals surface area contributed by atoms with E-state index in [-0.39, 0.29) is 24.0 Å². The van der Waals surface area contributed by atoms with Crippen LogP contribution in [0, 0.1) is 5.82 Å². The highest BCUT2D eigenvalue weighted by atomic mass is 35.5. The molecule has 3 N–H and O–H groups in total. The van der Waals surface area contributed by atoms with E-state index in [9.17, 15) is 20.1 Å². The lowest BCUT2D eigenvalue weighted by atomic mass is 9.94. The fourth-order valence-electron chi connectivity index (χ4n) is 5.86. The number of carboxylic acid groups (broad SMARTS) is 1. The number of benzene rings is 4. The smallest absolute Gasteiger partial charge is 0.335 e. The average molecular weight is 601 g/mol. The fourth-order valence-corrected chi connectivity index (χ4v) is 5.99. The summed E-state index contributed by atoms with van der Waals surface area (Å²) < 4.78 is 23.9. The van der Waals surface area contributed by atoms with E-state index in [2.05, 4.69) is 4.57 Å². The molecule has 1 aliphatic carbocycles. The van der Waals surface area contributed by atoms with Gasteiger partial charge in [-0.05, 0) is 78.1 Å². The summed E-state index contributed by atoms with van der Waals surface area (Å²) in [5.41, 5.74) is 4.41. The number of aromatic nitrogens is 2. The minimum absolute atomic E-state index is 0.0186. The van der Waals surface area contributed by atoms with Crippen LogP contribution in [0.2, 0.25) is 5.02 Å². The lowest BCUT2D eigenvalue weighted by molar-refractivity contribution is -0.0424. The molecule has 1 aromatic heterocycles. The number of nitrogens with zero attached hydrogens (tertiary/aromatic N) is 2. The van der Waals surface area contributed by atoms with Crippen molar-refractivity contribution in [2.75, 3.05) is 0 Å². The molecule has 4 aromatic carbocycles. The van der Waals surface area contributed by atoms with Crippen molar-refractivity contribution in [3.05, 3.63) is 106 Å². The van der Waals surface area contributed by atoms with E-state index in [1.54, 1.807) is 48.5 Å². The molecule has 1 saturated carbocycles. The van der Waals surface area contributed by atoms with Crippen molar-refractivity contribution in [2.24, 2.45) is 0 Å². The first-order chi connectivity index (χ1) is 20.8. The van der Waals surface area contributed by atoms with Gasteiger partial charge >= 0.3 is 5.97 Å². The molecule has 0 radical (unpaired) electrons. The first-order valence-corrected chi connectivity index (χ1v) is 14.6. The van der Waals surface area contributed by atoms with Gasteiger partial charge in [0.15, 0.2) is 6.29 Å². The van der Waals surface area contributed by atoms with Gasteiger partial charge in [0.05, 0.1) is 22.2 Å². The Morgan fingerprint density at radius 1 is 0.953 bits per heavy atom. The molecule has 43 heavy (non-hydrogen) atoms. The van der Waals surface area contributed by atoms with Crippen molar-refractivity contribution in [2.45, 2.75) is 51.0 Å². The summed E-state index contributed by atoms with van der Waals surface area (Å²) in [7, 11) is 0. The summed E-state index contributed by atoms with van der Waals surface area (Å²) in [5.74, 6) is -0.796. The maximum atomic E-state index is 15.8. The first-order valence-electron chi connectivity index (χ1n) is 14.2. The number of imidazole rings is 1. The van der Waals surface area contributed by atoms with Crippen molar-refractivity contribution in [3.63, 3.8) is 0 Å². The van der Waals surface area contributed by atoms with Gasteiger partial charge in [-0.3, -0.25) is 0 Å². The number of halogens is 2. The van der Waals surface area contributed by atoms with Crippen molar-refractivity contribution in [3.8, 4) is 28.3 Å². The van der Waals surface area contributed by atoms with Crippen molar-refractivity contribution >= 4 is 28.6 Å². The lowest BCUT2D eigenvalue weighted by Crippen LogP contribution is -2.14. The van der Waals surface area contributed by atoms with Gasteiger partial charge in [0, 0.05) is 22.7 Å². The zero-order valence-electron chi connectivity index (χ0n) is 23.2. The molecule has 6 rings (SSSR count). The number of carboxylic acids is 1. The van der Waals surface area contributed by atoms with Crippen molar-refractivity contribution in [1.29, 1.82) is 0 Å². The van der Waals surface area contributed by atoms with Crippen LogP contribution in [0.3, 0.4) is 0 Å². The van der Waals surface area contributed by atoms with Gasteiger partial charge in [-0.25, -0.2) is 14.2 Å². The molecule has 1 fully saturated rings. The molecule has 0 spiro atoms. The predicted molar refractivity (Wildman–Crippen MR) is 163 cm³/mol. The second-order valence-electron chi connectivity index (χ2n) is 10.8. The highest BCUT2D eigenvalue weighted by Gasteiger charge is 2.24. The van der Waals surface area contributed by atoms with Crippen LogP contribution in [0.25, 0.3) is 33.5 Å². The number of fused-ring (bicyclic) bond motifs is 1. The molecule has 0 unspecified atom stereocenters. The fraction of sp³-hybridized carbons (Fsp3) is 0.235. The van der Waals surface area contributed by atoms with Crippen LogP contribution in [0.5, 0.6) is 5.75 Å². The molecular weight excluding hydrogens is 571 g/mol. The zero-order valence-corrected chi connectivity index (χ0v) is 24.0. The molecule has 1 heterocycles. The van der Waals surface area contributed by atoms with E-state index < -0.39 is 18.1 Å². The Hall–Kier alpha value is -4.24. The van der Waals surface area contributed by atoms with E-state index in [4.69, 9.17) is 21.3 Å². The number of aromatic carboxylic acids is 1. The Labute approximate surface area is 252 Å². The standard InChI is InChI=1S/C34H30ClFN2O5/c35-24-10-6-20(7-11-24)27-13-8-21(33(39)40)16-23(27)19-43-26-12-14-28(29(36)18-26)32-37-30-17-22(34(41)42)9-15-31(30)38(32)25-4-2-1-3-5-25/h6-18,25,34,41-42H,1-5,19H2,(H,39,40). The predicted octanol–water partition coefficient (Wildman–Crippen LogP) is 7.93. The summed E-state index contributed by atoms with van der Waals surface area (Å²) in [4.78, 5) is 16.4. The number of aliphatic hydroxyl groups excluding tert-OH is 1. The monoisotopic (exact) mass is 600 g/mol. The third-order valence-electron chi connectivity index (χ3n) is 8.03. The highest BCUT2D eigenvalue weighted by molar-refractivity contribution is 6.30. The molecule has 9 heteroatoms. The van der Waals surface area contributed by atoms with E-state index in [1.807, 2.05) is 18.2 Å². The third-order valence-corrected chi connectivity index (χ3v) is 8.29. The Balaban J connectivity index is 1.33. The van der Waals surface area contributed by atoms with E-state index in [0.29, 0.717) is 33.1 Å². The molecule has 0 aliphatic heterocycles. The van der Waals surface area contributed by atoms with Crippen molar-refractivity contribution < 1.29 is 29.2 Å². The van der Waals surface area contributed by atoms with Crippen LogP contribution in [-0.4, -0.2) is 30.8 Å². The number of carbonyl (C=O) groups is 1. The number of hydrogen-bond acceptors (Lipinski definition) is 5.